The highest BCUT2D eigenvalue weighted by atomic mass is 16.4. The molecule has 2 aliphatic rings. The molecule has 2 amide bonds. The molecule has 1 heterocycles. The van der Waals surface area contributed by atoms with Crippen molar-refractivity contribution < 1.29 is 19.5 Å². The maximum absolute atomic E-state index is 12.8. The third-order valence-electron chi connectivity index (χ3n) is 6.00. The minimum absolute atomic E-state index is 0.101. The van der Waals surface area contributed by atoms with E-state index in [-0.39, 0.29) is 24.7 Å². The van der Waals surface area contributed by atoms with E-state index >= 15 is 0 Å². The zero-order valence-corrected chi connectivity index (χ0v) is 20.5. The second-order valence-corrected chi connectivity index (χ2v) is 10.1. The van der Waals surface area contributed by atoms with Gasteiger partial charge in [-0.2, -0.15) is 0 Å². The molecule has 1 aromatic carbocycles. The molecule has 0 saturated carbocycles. The van der Waals surface area contributed by atoms with Crippen molar-refractivity contribution in [3.8, 4) is 0 Å². The summed E-state index contributed by atoms with van der Waals surface area (Å²) in [4.78, 5) is 40.9. The van der Waals surface area contributed by atoms with E-state index in [0.717, 1.165) is 28.0 Å². The Morgan fingerprint density at radius 1 is 1.24 bits per heavy atom. The summed E-state index contributed by atoms with van der Waals surface area (Å²) in [7, 11) is 0. The van der Waals surface area contributed by atoms with Gasteiger partial charge in [-0.05, 0) is 43.4 Å². The predicted octanol–water partition coefficient (Wildman–Crippen LogP) is 3.54. The summed E-state index contributed by atoms with van der Waals surface area (Å²) in [6.45, 7) is 10.6. The molecule has 1 aromatic rings. The number of ketones is 1. The Balaban J connectivity index is 2.29. The average Bonchev–Trinajstić information content (AvgIpc) is 2.75. The highest BCUT2D eigenvalue weighted by Crippen LogP contribution is 2.43. The summed E-state index contributed by atoms with van der Waals surface area (Å²) >= 11 is 0. The van der Waals surface area contributed by atoms with E-state index in [9.17, 15) is 19.5 Å². The lowest BCUT2D eigenvalue weighted by atomic mass is 9.78. The molecule has 182 valence electrons. The Labute approximate surface area is 200 Å². The van der Waals surface area contributed by atoms with Crippen molar-refractivity contribution in [2.24, 2.45) is 17.7 Å². The van der Waals surface area contributed by atoms with E-state index in [4.69, 9.17) is 5.84 Å². The summed E-state index contributed by atoms with van der Waals surface area (Å²) in [5.41, 5.74) is 5.58. The zero-order chi connectivity index (χ0) is 25.2. The lowest BCUT2D eigenvalue weighted by molar-refractivity contribution is -0.131. The number of carbonyl (C=O) groups is 3. The quantitative estimate of drug-likeness (QED) is 0.256. The van der Waals surface area contributed by atoms with Gasteiger partial charge in [-0.15, -0.1) is 0 Å². The van der Waals surface area contributed by atoms with Gasteiger partial charge in [0.1, 0.15) is 5.92 Å². The SMILES string of the molecule is CC(C)CN1C=C2CC(=O)C(C(=O)NN)C=C2C(c2ccccc2)=C1CN(C(=O)O)C(C)(C)C. The van der Waals surface area contributed by atoms with Gasteiger partial charge >= 0.3 is 6.09 Å². The van der Waals surface area contributed by atoms with Crippen LogP contribution in [0.15, 0.2) is 59.5 Å². The van der Waals surface area contributed by atoms with Gasteiger partial charge in [0.15, 0.2) is 5.78 Å². The third kappa shape index (κ3) is 5.22. The van der Waals surface area contributed by atoms with E-state index in [0.29, 0.717) is 6.54 Å². The summed E-state index contributed by atoms with van der Waals surface area (Å²) in [5.74, 6) is 3.86. The zero-order valence-electron chi connectivity index (χ0n) is 20.5. The number of carboxylic acid groups (broad SMARTS) is 1. The summed E-state index contributed by atoms with van der Waals surface area (Å²) in [6.07, 6.45) is 2.69. The maximum atomic E-state index is 12.8. The third-order valence-corrected chi connectivity index (χ3v) is 6.00. The monoisotopic (exact) mass is 466 g/mol. The Morgan fingerprint density at radius 2 is 1.88 bits per heavy atom. The van der Waals surface area contributed by atoms with Crippen LogP contribution in [0, 0.1) is 11.8 Å². The van der Waals surface area contributed by atoms with E-state index in [1.54, 1.807) is 6.08 Å². The highest BCUT2D eigenvalue weighted by molar-refractivity contribution is 6.07. The van der Waals surface area contributed by atoms with Crippen LogP contribution in [0.25, 0.3) is 5.57 Å². The van der Waals surface area contributed by atoms with Gasteiger partial charge in [0.2, 0.25) is 5.91 Å². The average molecular weight is 467 g/mol. The Hall–Kier alpha value is -3.39. The molecule has 0 spiro atoms. The number of benzene rings is 1. The molecule has 1 atom stereocenters. The molecule has 4 N–H and O–H groups in total. The fourth-order valence-corrected chi connectivity index (χ4v) is 4.39. The normalized spacial score (nSPS) is 18.4. The number of hydrogen-bond acceptors (Lipinski definition) is 5. The van der Waals surface area contributed by atoms with Crippen molar-refractivity contribution in [2.45, 2.75) is 46.6 Å². The first kappa shape index (κ1) is 25.2. The first-order valence-corrected chi connectivity index (χ1v) is 11.5. The maximum Gasteiger partial charge on any atom is 0.408 e. The van der Waals surface area contributed by atoms with Gasteiger partial charge in [-0.25, -0.2) is 10.6 Å². The second kappa shape index (κ2) is 9.85. The molecule has 8 heteroatoms. The molecule has 0 fully saturated rings. The lowest BCUT2D eigenvalue weighted by Crippen LogP contribution is -2.48. The predicted molar refractivity (Wildman–Crippen MR) is 131 cm³/mol. The van der Waals surface area contributed by atoms with Crippen LogP contribution >= 0.6 is 0 Å². The van der Waals surface area contributed by atoms with Crippen molar-refractivity contribution in [2.75, 3.05) is 13.1 Å². The van der Waals surface area contributed by atoms with Gasteiger partial charge < -0.3 is 10.0 Å². The van der Waals surface area contributed by atoms with Crippen LogP contribution < -0.4 is 11.3 Å². The number of nitrogens with two attached hydrogens (primary N) is 1. The van der Waals surface area contributed by atoms with Gasteiger partial charge in [-0.3, -0.25) is 19.9 Å². The molecule has 1 unspecified atom stereocenters. The fraction of sp³-hybridized carbons (Fsp3) is 0.423. The standard InChI is InChI=1S/C26H34N4O4/c1-16(2)13-29-14-18-11-22(31)20(24(32)28-27)12-19(18)23(17-9-7-6-8-10-17)21(29)15-30(25(33)34)26(3,4)5/h6-10,12,14,16,20H,11,13,15,27H2,1-5H3,(H,28,32)(H,33,34). The van der Waals surface area contributed by atoms with Crippen molar-refractivity contribution in [1.29, 1.82) is 0 Å². The molecule has 1 aliphatic carbocycles. The Kier molecular flexibility index (Phi) is 7.31. The highest BCUT2D eigenvalue weighted by Gasteiger charge is 2.37. The molecule has 8 nitrogen and oxygen atoms in total. The number of Topliss-reactive ketones (excluding diaryl/α,β-unsaturated/α-hetero) is 1. The van der Waals surface area contributed by atoms with E-state index < -0.39 is 23.5 Å². The number of amides is 2. The first-order valence-electron chi connectivity index (χ1n) is 11.5. The fourth-order valence-electron chi connectivity index (χ4n) is 4.39. The first-order chi connectivity index (χ1) is 15.9. The topological polar surface area (TPSA) is 116 Å². The van der Waals surface area contributed by atoms with Crippen molar-refractivity contribution >= 4 is 23.4 Å². The smallest absolute Gasteiger partial charge is 0.408 e. The van der Waals surface area contributed by atoms with Gasteiger partial charge in [-0.1, -0.05) is 50.3 Å². The number of allylic oxidation sites excluding steroid dienone is 3. The van der Waals surface area contributed by atoms with Crippen LogP contribution in [0.3, 0.4) is 0 Å². The van der Waals surface area contributed by atoms with Crippen LogP contribution in [0.5, 0.6) is 0 Å². The Morgan fingerprint density at radius 3 is 2.41 bits per heavy atom. The molecular weight excluding hydrogens is 432 g/mol. The van der Waals surface area contributed by atoms with Gasteiger partial charge in [0, 0.05) is 36.0 Å². The minimum atomic E-state index is -1.01. The summed E-state index contributed by atoms with van der Waals surface area (Å²) in [6, 6.07) is 9.67. The van der Waals surface area contributed by atoms with E-state index in [1.165, 1.54) is 4.90 Å². The molecule has 3 rings (SSSR count). The Bertz CT molecular complexity index is 1060. The van der Waals surface area contributed by atoms with Crippen LogP contribution in [0.4, 0.5) is 4.79 Å². The second-order valence-electron chi connectivity index (χ2n) is 10.1. The molecule has 34 heavy (non-hydrogen) atoms. The molecule has 0 radical (unpaired) electrons. The molecule has 1 aliphatic heterocycles. The molecular formula is C26H34N4O4. The molecule has 0 bridgehead atoms. The van der Waals surface area contributed by atoms with E-state index in [2.05, 4.69) is 24.2 Å². The lowest BCUT2D eigenvalue weighted by Gasteiger charge is -2.41. The van der Waals surface area contributed by atoms with Gasteiger partial charge in [0.05, 0.1) is 6.54 Å². The van der Waals surface area contributed by atoms with E-state index in [1.807, 2.05) is 57.3 Å². The van der Waals surface area contributed by atoms with Crippen LogP contribution in [-0.4, -0.2) is 51.3 Å². The number of rotatable bonds is 6. The van der Waals surface area contributed by atoms with Crippen molar-refractivity contribution in [3.63, 3.8) is 0 Å². The largest absolute Gasteiger partial charge is 0.465 e. The summed E-state index contributed by atoms with van der Waals surface area (Å²) < 4.78 is 0. The number of carbonyl (C=O) groups excluding carboxylic acids is 2. The van der Waals surface area contributed by atoms with Crippen molar-refractivity contribution in [1.82, 2.24) is 15.2 Å². The van der Waals surface area contributed by atoms with Gasteiger partial charge in [0.25, 0.3) is 0 Å². The number of hydrogen-bond donors (Lipinski definition) is 3. The molecule has 0 aromatic heterocycles. The number of fused-ring (bicyclic) bond motifs is 1. The number of nitrogens with zero attached hydrogens (tertiary/aromatic N) is 2. The van der Waals surface area contributed by atoms with Crippen molar-refractivity contribution in [3.05, 3.63) is 65.0 Å². The minimum Gasteiger partial charge on any atom is -0.465 e. The van der Waals surface area contributed by atoms with Crippen LogP contribution in [-0.2, 0) is 9.59 Å². The number of nitrogens with one attached hydrogen (secondary N) is 1. The number of hydrazine groups is 1. The molecule has 0 saturated heterocycles. The van der Waals surface area contributed by atoms with Crippen LogP contribution in [0.1, 0.15) is 46.6 Å². The van der Waals surface area contributed by atoms with Crippen LogP contribution in [0.2, 0.25) is 0 Å². The summed E-state index contributed by atoms with van der Waals surface area (Å²) in [5, 5.41) is 10.0.